The maximum absolute atomic E-state index is 12.3. The SMILES string of the molecule is Cc1sc(NC(=S)NC(=O)c2ccc(Br)cc2)nc1-c1ccc(C(C)C)cc1. The number of thiazole rings is 1. The van der Waals surface area contributed by atoms with Crippen molar-refractivity contribution in [3.05, 3.63) is 69.0 Å². The lowest BCUT2D eigenvalue weighted by Gasteiger charge is -2.07. The van der Waals surface area contributed by atoms with Crippen molar-refractivity contribution in [1.29, 1.82) is 0 Å². The topological polar surface area (TPSA) is 54.0 Å². The second-order valence-corrected chi connectivity index (χ2v) is 9.14. The minimum absolute atomic E-state index is 0.225. The molecule has 28 heavy (non-hydrogen) atoms. The zero-order valence-corrected chi connectivity index (χ0v) is 19.0. The standard InChI is InChI=1S/C21H20BrN3OS2/c1-12(2)14-4-6-15(7-5-14)18-13(3)28-21(23-18)25-20(27)24-19(26)16-8-10-17(22)11-9-16/h4-12H,1-3H3,(H2,23,24,25,26,27). The Balaban J connectivity index is 1.68. The molecular weight excluding hydrogens is 454 g/mol. The molecule has 0 atom stereocenters. The third-order valence-corrected chi connectivity index (χ3v) is 5.82. The molecule has 4 nitrogen and oxygen atoms in total. The number of anilines is 1. The van der Waals surface area contributed by atoms with Crippen LogP contribution in [-0.2, 0) is 0 Å². The van der Waals surface area contributed by atoms with Crippen LogP contribution in [0.5, 0.6) is 0 Å². The fourth-order valence-corrected chi connectivity index (χ4v) is 4.01. The molecule has 0 aliphatic heterocycles. The van der Waals surface area contributed by atoms with Crippen LogP contribution in [0.3, 0.4) is 0 Å². The molecule has 3 aromatic rings. The summed E-state index contributed by atoms with van der Waals surface area (Å²) in [4.78, 5) is 18.0. The fourth-order valence-electron chi connectivity index (χ4n) is 2.65. The first-order valence-corrected chi connectivity index (χ1v) is 10.8. The van der Waals surface area contributed by atoms with E-state index in [4.69, 9.17) is 12.2 Å². The minimum atomic E-state index is -0.261. The highest BCUT2D eigenvalue weighted by Gasteiger charge is 2.13. The summed E-state index contributed by atoms with van der Waals surface area (Å²) in [6.45, 7) is 6.38. The first kappa shape index (κ1) is 20.6. The molecule has 3 rings (SSSR count). The summed E-state index contributed by atoms with van der Waals surface area (Å²) >= 11 is 10.1. The maximum Gasteiger partial charge on any atom is 0.257 e. The Kier molecular flexibility index (Phi) is 6.59. The van der Waals surface area contributed by atoms with E-state index in [0.717, 1.165) is 20.6 Å². The molecule has 0 aliphatic carbocycles. The highest BCUT2D eigenvalue weighted by Crippen LogP contribution is 2.31. The number of aryl methyl sites for hydroxylation is 1. The number of rotatable bonds is 4. The Hall–Kier alpha value is -2.09. The quantitative estimate of drug-likeness (QED) is 0.447. The predicted octanol–water partition coefficient (Wildman–Crippen LogP) is 6.13. The Morgan fingerprint density at radius 3 is 2.36 bits per heavy atom. The number of halogens is 1. The van der Waals surface area contributed by atoms with Gasteiger partial charge in [0.2, 0.25) is 0 Å². The number of hydrogen-bond donors (Lipinski definition) is 2. The molecule has 1 aromatic heterocycles. The van der Waals surface area contributed by atoms with E-state index < -0.39 is 0 Å². The lowest BCUT2D eigenvalue weighted by molar-refractivity contribution is 0.0977. The van der Waals surface area contributed by atoms with E-state index in [1.165, 1.54) is 16.9 Å². The van der Waals surface area contributed by atoms with Crippen molar-refractivity contribution in [3.63, 3.8) is 0 Å². The number of carbonyl (C=O) groups excluding carboxylic acids is 1. The van der Waals surface area contributed by atoms with Crippen LogP contribution in [0.15, 0.2) is 53.0 Å². The first-order chi connectivity index (χ1) is 13.3. The normalized spacial score (nSPS) is 10.8. The molecule has 0 unspecified atom stereocenters. The molecule has 2 N–H and O–H groups in total. The highest BCUT2D eigenvalue weighted by atomic mass is 79.9. The number of carbonyl (C=O) groups is 1. The van der Waals surface area contributed by atoms with Crippen LogP contribution in [0.4, 0.5) is 5.13 Å². The van der Waals surface area contributed by atoms with E-state index in [-0.39, 0.29) is 11.0 Å². The molecule has 0 saturated heterocycles. The van der Waals surface area contributed by atoms with Gasteiger partial charge in [-0.3, -0.25) is 10.1 Å². The van der Waals surface area contributed by atoms with Crippen molar-refractivity contribution >= 4 is 55.6 Å². The fraction of sp³-hybridized carbons (Fsp3) is 0.190. The molecule has 0 aliphatic rings. The van der Waals surface area contributed by atoms with Crippen molar-refractivity contribution in [3.8, 4) is 11.3 Å². The average molecular weight is 474 g/mol. The second-order valence-electron chi connectivity index (χ2n) is 6.62. The van der Waals surface area contributed by atoms with Crippen molar-refractivity contribution in [2.45, 2.75) is 26.7 Å². The molecule has 7 heteroatoms. The molecule has 1 heterocycles. The molecule has 1 amide bonds. The van der Waals surface area contributed by atoms with E-state index in [9.17, 15) is 4.79 Å². The molecular formula is C21H20BrN3OS2. The van der Waals surface area contributed by atoms with Crippen LogP contribution in [0.2, 0.25) is 0 Å². The summed E-state index contributed by atoms with van der Waals surface area (Å²) in [5, 5.41) is 6.58. The van der Waals surface area contributed by atoms with Crippen LogP contribution in [0.1, 0.15) is 40.6 Å². The number of thiocarbonyl (C=S) groups is 1. The Morgan fingerprint density at radius 1 is 1.11 bits per heavy atom. The van der Waals surface area contributed by atoms with Gasteiger partial charge >= 0.3 is 0 Å². The second kappa shape index (κ2) is 8.94. The van der Waals surface area contributed by atoms with Gasteiger partial charge in [0.1, 0.15) is 0 Å². The third kappa shape index (κ3) is 5.04. The van der Waals surface area contributed by atoms with E-state index in [2.05, 4.69) is 69.7 Å². The summed E-state index contributed by atoms with van der Waals surface area (Å²) < 4.78 is 0.914. The van der Waals surface area contributed by atoms with Gasteiger partial charge in [-0.25, -0.2) is 4.98 Å². The largest absolute Gasteiger partial charge is 0.308 e. The average Bonchev–Trinajstić information content (AvgIpc) is 3.02. The van der Waals surface area contributed by atoms with Gasteiger partial charge < -0.3 is 5.32 Å². The molecule has 0 saturated carbocycles. The van der Waals surface area contributed by atoms with Gasteiger partial charge in [0, 0.05) is 20.5 Å². The minimum Gasteiger partial charge on any atom is -0.308 e. The van der Waals surface area contributed by atoms with Gasteiger partial charge in [-0.05, 0) is 54.9 Å². The maximum atomic E-state index is 12.3. The van der Waals surface area contributed by atoms with Gasteiger partial charge in [0.05, 0.1) is 5.69 Å². The summed E-state index contributed by atoms with van der Waals surface area (Å²) in [5.74, 6) is 0.234. The van der Waals surface area contributed by atoms with Gasteiger partial charge in [0.15, 0.2) is 10.2 Å². The van der Waals surface area contributed by atoms with Crippen molar-refractivity contribution in [2.24, 2.45) is 0 Å². The number of nitrogens with zero attached hydrogens (tertiary/aromatic N) is 1. The van der Waals surface area contributed by atoms with Crippen LogP contribution in [0, 0.1) is 6.92 Å². The monoisotopic (exact) mass is 473 g/mol. The summed E-state index contributed by atoms with van der Waals surface area (Å²) in [5.41, 5.74) is 3.82. The zero-order valence-electron chi connectivity index (χ0n) is 15.7. The molecule has 144 valence electrons. The van der Waals surface area contributed by atoms with E-state index in [1.54, 1.807) is 12.1 Å². The summed E-state index contributed by atoms with van der Waals surface area (Å²) in [7, 11) is 0. The third-order valence-electron chi connectivity index (χ3n) is 4.20. The van der Waals surface area contributed by atoms with Gasteiger partial charge in [0.25, 0.3) is 5.91 Å². The zero-order chi connectivity index (χ0) is 20.3. The van der Waals surface area contributed by atoms with Crippen molar-refractivity contribution < 1.29 is 4.79 Å². The van der Waals surface area contributed by atoms with Gasteiger partial charge in [-0.2, -0.15) is 0 Å². The van der Waals surface area contributed by atoms with Gasteiger partial charge in [-0.1, -0.05) is 54.0 Å². The van der Waals surface area contributed by atoms with Crippen molar-refractivity contribution in [2.75, 3.05) is 5.32 Å². The number of nitrogens with one attached hydrogen (secondary N) is 2. The highest BCUT2D eigenvalue weighted by molar-refractivity contribution is 9.10. The van der Waals surface area contributed by atoms with Gasteiger partial charge in [-0.15, -0.1) is 11.3 Å². The number of benzene rings is 2. The number of amides is 1. The molecule has 0 spiro atoms. The molecule has 0 fully saturated rings. The lowest BCUT2D eigenvalue weighted by Crippen LogP contribution is -2.34. The first-order valence-electron chi connectivity index (χ1n) is 8.79. The van der Waals surface area contributed by atoms with Crippen LogP contribution < -0.4 is 10.6 Å². The summed E-state index contributed by atoms with van der Waals surface area (Å²) in [6.07, 6.45) is 0. The van der Waals surface area contributed by atoms with Crippen LogP contribution >= 0.6 is 39.5 Å². The van der Waals surface area contributed by atoms with Crippen LogP contribution in [0.25, 0.3) is 11.3 Å². The molecule has 0 bridgehead atoms. The molecule has 0 radical (unpaired) electrons. The van der Waals surface area contributed by atoms with E-state index in [1.807, 2.05) is 19.1 Å². The van der Waals surface area contributed by atoms with E-state index in [0.29, 0.717) is 16.6 Å². The Labute approximate surface area is 182 Å². The predicted molar refractivity (Wildman–Crippen MR) is 124 cm³/mol. The Bertz CT molecular complexity index is 995. The molecule has 2 aromatic carbocycles. The number of aromatic nitrogens is 1. The van der Waals surface area contributed by atoms with Crippen molar-refractivity contribution in [1.82, 2.24) is 10.3 Å². The lowest BCUT2D eigenvalue weighted by atomic mass is 10.0. The smallest absolute Gasteiger partial charge is 0.257 e. The van der Waals surface area contributed by atoms with E-state index >= 15 is 0 Å². The summed E-state index contributed by atoms with van der Waals surface area (Å²) in [6, 6.07) is 15.5. The Morgan fingerprint density at radius 2 is 1.75 bits per heavy atom. The number of hydrogen-bond acceptors (Lipinski definition) is 4. The van der Waals surface area contributed by atoms with Crippen LogP contribution in [-0.4, -0.2) is 16.0 Å².